The second-order valence-corrected chi connectivity index (χ2v) is 7.75. The number of hydrogen-bond acceptors (Lipinski definition) is 6. The van der Waals surface area contributed by atoms with Gasteiger partial charge in [-0.2, -0.15) is 4.98 Å². The Morgan fingerprint density at radius 3 is 2.82 bits per heavy atom. The first-order valence-corrected chi connectivity index (χ1v) is 9.77. The predicted molar refractivity (Wildman–Crippen MR) is 102 cm³/mol. The highest BCUT2D eigenvalue weighted by atomic mass is 16.5. The Morgan fingerprint density at radius 2 is 2.18 bits per heavy atom. The molecule has 1 atom stereocenters. The molecule has 2 amide bonds. The van der Waals surface area contributed by atoms with E-state index in [1.165, 1.54) is 6.26 Å². The van der Waals surface area contributed by atoms with E-state index in [4.69, 9.17) is 8.94 Å². The molecule has 1 aliphatic heterocycles. The normalized spacial score (nSPS) is 16.8. The number of aromatic nitrogens is 2. The number of furan rings is 1. The number of carbonyl (C=O) groups is 2. The second kappa shape index (κ2) is 8.58. The maximum Gasteiger partial charge on any atom is 0.257 e. The minimum atomic E-state index is -0.0475. The van der Waals surface area contributed by atoms with Crippen molar-refractivity contribution in [3.63, 3.8) is 0 Å². The van der Waals surface area contributed by atoms with Crippen molar-refractivity contribution in [2.75, 3.05) is 19.6 Å². The first-order valence-electron chi connectivity index (χ1n) is 9.77. The zero-order valence-electron chi connectivity index (χ0n) is 17.0. The third kappa shape index (κ3) is 4.61. The molecule has 0 saturated carbocycles. The van der Waals surface area contributed by atoms with Gasteiger partial charge in [0.2, 0.25) is 11.8 Å². The van der Waals surface area contributed by atoms with Crippen molar-refractivity contribution in [1.82, 2.24) is 19.9 Å². The first-order chi connectivity index (χ1) is 13.3. The van der Waals surface area contributed by atoms with E-state index >= 15 is 0 Å². The molecular formula is C20H28N4O4. The van der Waals surface area contributed by atoms with Gasteiger partial charge in [0.1, 0.15) is 5.76 Å². The van der Waals surface area contributed by atoms with E-state index in [2.05, 4.69) is 24.0 Å². The van der Waals surface area contributed by atoms with Crippen LogP contribution in [-0.2, 0) is 17.6 Å². The highest BCUT2D eigenvalue weighted by Gasteiger charge is 2.33. The lowest BCUT2D eigenvalue weighted by atomic mass is 10.1. The van der Waals surface area contributed by atoms with Gasteiger partial charge in [0.25, 0.3) is 5.91 Å². The van der Waals surface area contributed by atoms with Crippen molar-refractivity contribution in [3.05, 3.63) is 35.4 Å². The van der Waals surface area contributed by atoms with Crippen molar-refractivity contribution in [3.8, 4) is 0 Å². The van der Waals surface area contributed by atoms with E-state index < -0.39 is 0 Å². The van der Waals surface area contributed by atoms with Gasteiger partial charge in [-0.15, -0.1) is 0 Å². The molecule has 28 heavy (non-hydrogen) atoms. The van der Waals surface area contributed by atoms with Crippen LogP contribution in [0.15, 0.2) is 21.3 Å². The van der Waals surface area contributed by atoms with Crippen molar-refractivity contribution in [1.29, 1.82) is 0 Å². The third-order valence-electron chi connectivity index (χ3n) is 5.05. The van der Waals surface area contributed by atoms with E-state index in [1.807, 2.05) is 4.90 Å². The fraction of sp³-hybridized carbons (Fsp3) is 0.600. The van der Waals surface area contributed by atoms with Crippen LogP contribution in [0.25, 0.3) is 0 Å². The van der Waals surface area contributed by atoms with Crippen molar-refractivity contribution >= 4 is 11.8 Å². The zero-order valence-corrected chi connectivity index (χ0v) is 17.0. The first kappa shape index (κ1) is 20.1. The number of hydrogen-bond donors (Lipinski definition) is 0. The van der Waals surface area contributed by atoms with Crippen molar-refractivity contribution in [2.45, 2.75) is 53.0 Å². The highest BCUT2D eigenvalue weighted by molar-refractivity contribution is 5.95. The fourth-order valence-electron chi connectivity index (χ4n) is 3.60. The highest BCUT2D eigenvalue weighted by Crippen LogP contribution is 2.21. The van der Waals surface area contributed by atoms with Gasteiger partial charge in [0.05, 0.1) is 17.9 Å². The summed E-state index contributed by atoms with van der Waals surface area (Å²) in [5, 5.41) is 4.01. The second-order valence-electron chi connectivity index (χ2n) is 7.75. The molecule has 0 N–H and O–H groups in total. The molecule has 0 bridgehead atoms. The van der Waals surface area contributed by atoms with E-state index in [0.29, 0.717) is 55.0 Å². The van der Waals surface area contributed by atoms with Gasteiger partial charge in [-0.1, -0.05) is 19.0 Å². The molecule has 2 aromatic rings. The van der Waals surface area contributed by atoms with Gasteiger partial charge >= 0.3 is 0 Å². The molecule has 3 rings (SSSR count). The zero-order chi connectivity index (χ0) is 20.3. The Morgan fingerprint density at radius 1 is 1.39 bits per heavy atom. The lowest BCUT2D eigenvalue weighted by Crippen LogP contribution is -2.42. The standard InChI is InChI=1S/C20H28N4O4/c1-13(2)11-19-21-18(22-28-19)6-9-24(15(4)25)16-5-8-23(12-16)20(26)17-7-10-27-14(17)3/h7,10,13,16H,5-6,8-9,11-12H2,1-4H3. The van der Waals surface area contributed by atoms with Crippen LogP contribution in [0.4, 0.5) is 0 Å². The maximum atomic E-state index is 12.7. The Hall–Kier alpha value is -2.64. The maximum absolute atomic E-state index is 12.7. The predicted octanol–water partition coefficient (Wildman–Crippen LogP) is 2.48. The Labute approximate surface area is 164 Å². The van der Waals surface area contributed by atoms with E-state index in [1.54, 1.807) is 24.8 Å². The largest absolute Gasteiger partial charge is 0.469 e. The number of likely N-dealkylation sites (tertiary alicyclic amines) is 1. The third-order valence-corrected chi connectivity index (χ3v) is 5.05. The summed E-state index contributed by atoms with van der Waals surface area (Å²) >= 11 is 0. The molecule has 0 aliphatic carbocycles. The van der Waals surface area contributed by atoms with Crippen LogP contribution in [0.2, 0.25) is 0 Å². The molecule has 1 fully saturated rings. The Bertz CT molecular complexity index is 826. The SMILES string of the molecule is CC(=O)N(CCc1noc(CC(C)C)n1)C1CCN(C(=O)c2ccoc2C)C1. The summed E-state index contributed by atoms with van der Waals surface area (Å²) in [7, 11) is 0. The van der Waals surface area contributed by atoms with Crippen LogP contribution in [0.3, 0.4) is 0 Å². The molecule has 8 nitrogen and oxygen atoms in total. The van der Waals surface area contributed by atoms with Gasteiger partial charge < -0.3 is 18.7 Å². The topological polar surface area (TPSA) is 92.7 Å². The Balaban J connectivity index is 1.58. The summed E-state index contributed by atoms with van der Waals surface area (Å²) in [5.74, 6) is 2.25. The molecular weight excluding hydrogens is 360 g/mol. The molecule has 152 valence electrons. The quantitative estimate of drug-likeness (QED) is 0.723. The molecule has 1 unspecified atom stereocenters. The van der Waals surface area contributed by atoms with Crippen LogP contribution in [0, 0.1) is 12.8 Å². The molecule has 0 aromatic carbocycles. The summed E-state index contributed by atoms with van der Waals surface area (Å²) < 4.78 is 10.5. The van der Waals surface area contributed by atoms with Gasteiger partial charge in [-0.3, -0.25) is 9.59 Å². The van der Waals surface area contributed by atoms with Crippen LogP contribution < -0.4 is 0 Å². The van der Waals surface area contributed by atoms with Crippen LogP contribution >= 0.6 is 0 Å². The minimum absolute atomic E-state index is 0.00399. The lowest BCUT2D eigenvalue weighted by Gasteiger charge is -2.27. The number of nitrogens with zero attached hydrogens (tertiary/aromatic N) is 4. The summed E-state index contributed by atoms with van der Waals surface area (Å²) in [6, 6.07) is 1.69. The van der Waals surface area contributed by atoms with Crippen molar-refractivity contribution in [2.24, 2.45) is 5.92 Å². The van der Waals surface area contributed by atoms with Crippen LogP contribution in [-0.4, -0.2) is 57.4 Å². The average molecular weight is 388 g/mol. The monoisotopic (exact) mass is 388 g/mol. The molecule has 8 heteroatoms. The number of aryl methyl sites for hydroxylation is 1. The van der Waals surface area contributed by atoms with Gasteiger partial charge in [0, 0.05) is 39.4 Å². The van der Waals surface area contributed by atoms with E-state index in [9.17, 15) is 9.59 Å². The van der Waals surface area contributed by atoms with Crippen molar-refractivity contribution < 1.29 is 18.5 Å². The number of rotatable bonds is 7. The number of carbonyl (C=O) groups excluding carboxylic acids is 2. The van der Waals surface area contributed by atoms with Crippen LogP contribution in [0.5, 0.6) is 0 Å². The molecule has 0 spiro atoms. The van der Waals surface area contributed by atoms with E-state index in [-0.39, 0.29) is 17.9 Å². The molecule has 2 aromatic heterocycles. The minimum Gasteiger partial charge on any atom is -0.469 e. The number of amides is 2. The summed E-state index contributed by atoms with van der Waals surface area (Å²) in [5.41, 5.74) is 0.583. The molecule has 0 radical (unpaired) electrons. The lowest BCUT2D eigenvalue weighted by molar-refractivity contribution is -0.130. The summed E-state index contributed by atoms with van der Waals surface area (Å²) in [6.45, 7) is 9.19. The summed E-state index contributed by atoms with van der Waals surface area (Å²) in [4.78, 5) is 32.9. The van der Waals surface area contributed by atoms with Gasteiger partial charge in [-0.05, 0) is 25.3 Å². The van der Waals surface area contributed by atoms with Gasteiger partial charge in [-0.25, -0.2) is 0 Å². The van der Waals surface area contributed by atoms with Gasteiger partial charge in [0.15, 0.2) is 5.82 Å². The summed E-state index contributed by atoms with van der Waals surface area (Å²) in [6.07, 6.45) is 3.56. The molecule has 3 heterocycles. The molecule has 1 saturated heterocycles. The molecule has 1 aliphatic rings. The fourth-order valence-corrected chi connectivity index (χ4v) is 3.60. The van der Waals surface area contributed by atoms with Crippen LogP contribution in [0.1, 0.15) is 55.0 Å². The Kier molecular flexibility index (Phi) is 6.16. The average Bonchev–Trinajstić information content (AvgIpc) is 3.35. The smallest absolute Gasteiger partial charge is 0.257 e. The van der Waals surface area contributed by atoms with E-state index in [0.717, 1.165) is 12.8 Å².